The summed E-state index contributed by atoms with van der Waals surface area (Å²) in [6, 6.07) is 8.88. The summed E-state index contributed by atoms with van der Waals surface area (Å²) >= 11 is 0. The summed E-state index contributed by atoms with van der Waals surface area (Å²) in [5.74, 6) is 0.893. The number of nitrogens with one attached hydrogen (secondary N) is 1. The summed E-state index contributed by atoms with van der Waals surface area (Å²) in [4.78, 5) is 0. The van der Waals surface area contributed by atoms with Gasteiger partial charge in [0.05, 0.1) is 12.8 Å². The van der Waals surface area contributed by atoms with Crippen molar-refractivity contribution in [3.05, 3.63) is 47.3 Å². The fourth-order valence-corrected chi connectivity index (χ4v) is 2.72. The Labute approximate surface area is 127 Å². The Morgan fingerprint density at radius 1 is 1.29 bits per heavy atom. The molecule has 0 spiro atoms. The van der Waals surface area contributed by atoms with Crippen LogP contribution in [0.2, 0.25) is 0 Å². The molecule has 2 unspecified atom stereocenters. The third-order valence-electron chi connectivity index (χ3n) is 3.90. The van der Waals surface area contributed by atoms with Gasteiger partial charge >= 0.3 is 0 Å². The Morgan fingerprint density at radius 2 is 1.95 bits per heavy atom. The van der Waals surface area contributed by atoms with Crippen molar-refractivity contribution < 1.29 is 4.74 Å². The molecule has 2 atom stereocenters. The highest BCUT2D eigenvalue weighted by atomic mass is 16.5. The molecule has 0 saturated carbocycles. The van der Waals surface area contributed by atoms with Crippen LogP contribution in [0.25, 0.3) is 0 Å². The maximum atomic E-state index is 5.22. The number of aromatic nitrogens is 2. The molecular formula is C17H25N3O. The maximum absolute atomic E-state index is 5.22. The number of benzene rings is 1. The van der Waals surface area contributed by atoms with Crippen LogP contribution in [0.3, 0.4) is 0 Å². The average molecular weight is 287 g/mol. The van der Waals surface area contributed by atoms with E-state index in [9.17, 15) is 0 Å². The molecule has 0 fully saturated rings. The minimum absolute atomic E-state index is 0.269. The van der Waals surface area contributed by atoms with Crippen LogP contribution in [-0.4, -0.2) is 16.9 Å². The zero-order chi connectivity index (χ0) is 15.4. The van der Waals surface area contributed by atoms with E-state index in [1.807, 2.05) is 23.9 Å². The molecular weight excluding hydrogens is 262 g/mol. The molecule has 2 rings (SSSR count). The van der Waals surface area contributed by atoms with Crippen molar-refractivity contribution in [2.24, 2.45) is 7.05 Å². The molecule has 21 heavy (non-hydrogen) atoms. The highest BCUT2D eigenvalue weighted by molar-refractivity contribution is 5.29. The Balaban J connectivity index is 2.12. The average Bonchev–Trinajstić information content (AvgIpc) is 2.83. The summed E-state index contributed by atoms with van der Waals surface area (Å²) in [5, 5.41) is 8.12. The lowest BCUT2D eigenvalue weighted by molar-refractivity contribution is 0.413. The highest BCUT2D eigenvalue weighted by Gasteiger charge is 2.17. The lowest BCUT2D eigenvalue weighted by Gasteiger charge is -2.22. The predicted molar refractivity (Wildman–Crippen MR) is 85.5 cm³/mol. The molecule has 0 bridgehead atoms. The Bertz CT molecular complexity index is 574. The van der Waals surface area contributed by atoms with Gasteiger partial charge in [0, 0.05) is 30.9 Å². The second-order valence-electron chi connectivity index (χ2n) is 5.47. The van der Waals surface area contributed by atoms with Gasteiger partial charge in [0.1, 0.15) is 5.75 Å². The molecule has 4 heteroatoms. The molecule has 0 amide bonds. The summed E-state index contributed by atoms with van der Waals surface area (Å²) in [6.07, 6.45) is 3.13. The van der Waals surface area contributed by atoms with Crippen LogP contribution in [0, 0.1) is 6.92 Å². The lowest BCUT2D eigenvalue weighted by atomic mass is 10.0. The van der Waals surface area contributed by atoms with E-state index in [0.29, 0.717) is 6.04 Å². The smallest absolute Gasteiger partial charge is 0.118 e. The third kappa shape index (κ3) is 3.64. The maximum Gasteiger partial charge on any atom is 0.118 e. The normalized spacial score (nSPS) is 14.0. The number of ether oxygens (including phenoxy) is 1. The van der Waals surface area contributed by atoms with Gasteiger partial charge in [-0.2, -0.15) is 5.10 Å². The van der Waals surface area contributed by atoms with Crippen LogP contribution < -0.4 is 10.1 Å². The van der Waals surface area contributed by atoms with Crippen LogP contribution >= 0.6 is 0 Å². The molecule has 1 heterocycles. The van der Waals surface area contributed by atoms with Gasteiger partial charge in [-0.1, -0.05) is 19.1 Å². The van der Waals surface area contributed by atoms with Crippen LogP contribution in [0.4, 0.5) is 0 Å². The first-order valence-corrected chi connectivity index (χ1v) is 7.45. The summed E-state index contributed by atoms with van der Waals surface area (Å²) in [7, 11) is 3.65. The Kier molecular flexibility index (Phi) is 5.02. The number of methoxy groups -OCH3 is 1. The molecule has 0 aliphatic carbocycles. The topological polar surface area (TPSA) is 39.1 Å². The third-order valence-corrected chi connectivity index (χ3v) is 3.90. The van der Waals surface area contributed by atoms with Gasteiger partial charge in [0.25, 0.3) is 0 Å². The Morgan fingerprint density at radius 3 is 2.43 bits per heavy atom. The number of rotatable bonds is 6. The number of hydrogen-bond donors (Lipinski definition) is 1. The zero-order valence-corrected chi connectivity index (χ0v) is 13.6. The van der Waals surface area contributed by atoms with Crippen molar-refractivity contribution >= 4 is 0 Å². The van der Waals surface area contributed by atoms with Crippen molar-refractivity contribution in [3.63, 3.8) is 0 Å². The van der Waals surface area contributed by atoms with E-state index in [4.69, 9.17) is 4.74 Å². The van der Waals surface area contributed by atoms with E-state index in [1.54, 1.807) is 7.11 Å². The molecule has 1 aromatic carbocycles. The van der Waals surface area contributed by atoms with E-state index in [0.717, 1.165) is 17.9 Å². The molecule has 4 nitrogen and oxygen atoms in total. The van der Waals surface area contributed by atoms with Crippen molar-refractivity contribution in [1.29, 1.82) is 0 Å². The van der Waals surface area contributed by atoms with Gasteiger partial charge in [-0.15, -0.1) is 0 Å². The largest absolute Gasteiger partial charge is 0.497 e. The second-order valence-corrected chi connectivity index (χ2v) is 5.47. The predicted octanol–water partition coefficient (Wildman–Crippen LogP) is 3.54. The fraction of sp³-hybridized carbons (Fsp3) is 0.471. The van der Waals surface area contributed by atoms with Gasteiger partial charge in [-0.25, -0.2) is 0 Å². The minimum Gasteiger partial charge on any atom is -0.497 e. The molecule has 0 aliphatic heterocycles. The van der Waals surface area contributed by atoms with Crippen molar-refractivity contribution in [2.75, 3.05) is 7.11 Å². The fourth-order valence-electron chi connectivity index (χ4n) is 2.72. The van der Waals surface area contributed by atoms with E-state index in [-0.39, 0.29) is 6.04 Å². The number of hydrogen-bond acceptors (Lipinski definition) is 3. The highest BCUT2D eigenvalue weighted by Crippen LogP contribution is 2.24. The molecule has 114 valence electrons. The lowest BCUT2D eigenvalue weighted by Crippen LogP contribution is -2.24. The van der Waals surface area contributed by atoms with E-state index in [2.05, 4.69) is 49.5 Å². The van der Waals surface area contributed by atoms with E-state index < -0.39 is 0 Å². The van der Waals surface area contributed by atoms with E-state index >= 15 is 0 Å². The first-order chi connectivity index (χ1) is 10.0. The zero-order valence-electron chi connectivity index (χ0n) is 13.6. The van der Waals surface area contributed by atoms with E-state index in [1.165, 1.54) is 11.1 Å². The standard InChI is InChI=1S/C17H25N3O/c1-6-17(14-7-9-15(21-5)10-8-14)18-12(2)16-11-20(4)19-13(16)3/h7-12,17-18H,6H2,1-5H3. The van der Waals surface area contributed by atoms with Crippen LogP contribution in [0.5, 0.6) is 5.75 Å². The second kappa shape index (κ2) is 6.76. The van der Waals surface area contributed by atoms with Crippen molar-refractivity contribution in [2.45, 2.75) is 39.3 Å². The van der Waals surface area contributed by atoms with Crippen molar-refractivity contribution in [3.8, 4) is 5.75 Å². The quantitative estimate of drug-likeness (QED) is 0.883. The number of nitrogens with zero attached hydrogens (tertiary/aromatic N) is 2. The molecule has 0 saturated heterocycles. The Hall–Kier alpha value is -1.81. The SMILES string of the molecule is CCC(NC(C)c1cn(C)nc1C)c1ccc(OC)cc1. The summed E-state index contributed by atoms with van der Waals surface area (Å²) in [6.45, 7) is 6.45. The van der Waals surface area contributed by atoms with Gasteiger partial charge in [-0.3, -0.25) is 4.68 Å². The first-order valence-electron chi connectivity index (χ1n) is 7.45. The van der Waals surface area contributed by atoms with Gasteiger partial charge in [0.2, 0.25) is 0 Å². The van der Waals surface area contributed by atoms with Gasteiger partial charge in [-0.05, 0) is 38.0 Å². The van der Waals surface area contributed by atoms with Crippen LogP contribution in [0.1, 0.15) is 49.2 Å². The summed E-state index contributed by atoms with van der Waals surface area (Å²) < 4.78 is 7.09. The molecule has 0 radical (unpaired) electrons. The molecule has 1 N–H and O–H groups in total. The van der Waals surface area contributed by atoms with Crippen LogP contribution in [-0.2, 0) is 7.05 Å². The summed E-state index contributed by atoms with van der Waals surface area (Å²) in [5.41, 5.74) is 3.62. The number of aryl methyl sites for hydroxylation is 2. The first kappa shape index (κ1) is 15.6. The monoisotopic (exact) mass is 287 g/mol. The molecule has 0 aliphatic rings. The van der Waals surface area contributed by atoms with Crippen molar-refractivity contribution in [1.82, 2.24) is 15.1 Å². The van der Waals surface area contributed by atoms with Gasteiger partial charge in [0.15, 0.2) is 0 Å². The molecule has 2 aromatic rings. The minimum atomic E-state index is 0.269. The molecule has 1 aromatic heterocycles. The van der Waals surface area contributed by atoms with Crippen LogP contribution in [0.15, 0.2) is 30.5 Å². The van der Waals surface area contributed by atoms with Gasteiger partial charge < -0.3 is 10.1 Å².